The van der Waals surface area contributed by atoms with E-state index in [4.69, 9.17) is 4.55 Å². The van der Waals surface area contributed by atoms with Gasteiger partial charge in [-0.05, 0) is 40.7 Å². The second-order valence-corrected chi connectivity index (χ2v) is 6.93. The first-order valence-electron chi connectivity index (χ1n) is 7.69. The van der Waals surface area contributed by atoms with Crippen molar-refractivity contribution in [2.75, 3.05) is 38.5 Å². The molecule has 0 atom stereocenters. The summed E-state index contributed by atoms with van der Waals surface area (Å²) >= 11 is 0. The molecule has 0 unspecified atom stereocenters. The molecule has 0 spiro atoms. The lowest BCUT2D eigenvalue weighted by Gasteiger charge is -2.34. The molecule has 20 heavy (non-hydrogen) atoms. The quantitative estimate of drug-likeness (QED) is 0.389. The van der Waals surface area contributed by atoms with Gasteiger partial charge in [0.25, 0.3) is 10.1 Å². The highest BCUT2D eigenvalue weighted by molar-refractivity contribution is 7.85. The molecule has 0 aromatic carbocycles. The van der Waals surface area contributed by atoms with Crippen LogP contribution >= 0.6 is 0 Å². The molecule has 124 valence electrons. The summed E-state index contributed by atoms with van der Waals surface area (Å²) in [5.74, 6) is -0.160. The second kappa shape index (κ2) is 11.5. The van der Waals surface area contributed by atoms with Gasteiger partial charge in [0.05, 0.1) is 31.9 Å². The van der Waals surface area contributed by atoms with Crippen molar-refractivity contribution in [1.82, 2.24) is 5.32 Å². The molecular formula is C14H35N2O3S+. The van der Waals surface area contributed by atoms with Crippen molar-refractivity contribution in [2.24, 2.45) is 0 Å². The zero-order valence-electron chi connectivity index (χ0n) is 14.1. The van der Waals surface area contributed by atoms with Crippen LogP contribution in [0.15, 0.2) is 0 Å². The van der Waals surface area contributed by atoms with Crippen LogP contribution in [0.5, 0.6) is 0 Å². The van der Waals surface area contributed by atoms with Crippen LogP contribution in [0.4, 0.5) is 0 Å². The van der Waals surface area contributed by atoms with Gasteiger partial charge in [0.2, 0.25) is 0 Å². The van der Waals surface area contributed by atoms with E-state index in [0.29, 0.717) is 19.0 Å². The highest BCUT2D eigenvalue weighted by atomic mass is 32.2. The molecule has 0 saturated heterocycles. The topological polar surface area (TPSA) is 66.4 Å². The minimum Gasteiger partial charge on any atom is -0.325 e. The summed E-state index contributed by atoms with van der Waals surface area (Å²) < 4.78 is 30.0. The van der Waals surface area contributed by atoms with Crippen molar-refractivity contribution in [3.05, 3.63) is 0 Å². The molecule has 6 heteroatoms. The van der Waals surface area contributed by atoms with Gasteiger partial charge in [-0.25, -0.2) is 0 Å². The summed E-state index contributed by atoms with van der Waals surface area (Å²) in [4.78, 5) is 0. The molecule has 0 aliphatic carbocycles. The lowest BCUT2D eigenvalue weighted by Crippen LogP contribution is -2.47. The van der Waals surface area contributed by atoms with Crippen LogP contribution in [-0.2, 0) is 10.1 Å². The predicted molar refractivity (Wildman–Crippen MR) is 86.6 cm³/mol. The Morgan fingerprint density at radius 3 is 1.60 bits per heavy atom. The third-order valence-electron chi connectivity index (χ3n) is 3.81. The average molecular weight is 312 g/mol. The van der Waals surface area contributed by atoms with E-state index < -0.39 is 10.1 Å². The molecule has 0 bridgehead atoms. The molecule has 0 radical (unpaired) electrons. The molecular weight excluding hydrogens is 276 g/mol. The van der Waals surface area contributed by atoms with Gasteiger partial charge in [-0.1, -0.05) is 13.8 Å². The fourth-order valence-corrected chi connectivity index (χ4v) is 2.50. The number of rotatable bonds is 9. The fourth-order valence-electron chi connectivity index (χ4n) is 1.99. The maximum atomic E-state index is 10.2. The van der Waals surface area contributed by atoms with E-state index in [9.17, 15) is 8.42 Å². The maximum absolute atomic E-state index is 10.2. The Bertz CT molecular complexity index is 295. The number of nitrogens with zero attached hydrogens (tertiary/aromatic N) is 1. The summed E-state index contributed by atoms with van der Waals surface area (Å²) in [6.07, 6.45) is 0.455. The van der Waals surface area contributed by atoms with Gasteiger partial charge in [0.15, 0.2) is 0 Å². The molecule has 0 aromatic heterocycles. The summed E-state index contributed by atoms with van der Waals surface area (Å²) in [5, 5.41) is 3.04. The van der Waals surface area contributed by atoms with E-state index in [0.717, 1.165) is 0 Å². The molecule has 0 aromatic rings. The van der Waals surface area contributed by atoms with Crippen LogP contribution in [0.1, 0.15) is 48.0 Å². The van der Waals surface area contributed by atoms with E-state index in [-0.39, 0.29) is 5.75 Å². The third kappa shape index (κ3) is 12.8. The Morgan fingerprint density at radius 1 is 1.00 bits per heavy atom. The first kappa shape index (κ1) is 22.1. The molecule has 0 rings (SSSR count). The molecule has 5 nitrogen and oxygen atoms in total. The van der Waals surface area contributed by atoms with Crippen molar-refractivity contribution in [3.63, 3.8) is 0 Å². The van der Waals surface area contributed by atoms with Crippen molar-refractivity contribution < 1.29 is 17.5 Å². The van der Waals surface area contributed by atoms with Gasteiger partial charge >= 0.3 is 0 Å². The Balaban J connectivity index is 0. The Kier molecular flexibility index (Phi) is 12.7. The molecule has 0 amide bonds. The Hall–Kier alpha value is -0.170. The zero-order valence-corrected chi connectivity index (χ0v) is 15.0. The average Bonchev–Trinajstić information content (AvgIpc) is 2.38. The SMILES string of the molecule is CC(C)NCCCS(=O)(=O)O.CC[N+](CC)(CC)CC. The summed E-state index contributed by atoms with van der Waals surface area (Å²) in [6, 6.07) is 0.358. The minimum atomic E-state index is -3.76. The Labute approximate surface area is 126 Å². The second-order valence-electron chi connectivity index (χ2n) is 5.35. The third-order valence-corrected chi connectivity index (χ3v) is 4.62. The minimum absolute atomic E-state index is 0.160. The van der Waals surface area contributed by atoms with E-state index in [2.05, 4.69) is 33.0 Å². The molecule has 0 aliphatic heterocycles. The van der Waals surface area contributed by atoms with Crippen LogP contribution in [0.2, 0.25) is 0 Å². The highest BCUT2D eigenvalue weighted by Gasteiger charge is 2.16. The van der Waals surface area contributed by atoms with Gasteiger partial charge in [0, 0.05) is 6.04 Å². The van der Waals surface area contributed by atoms with Crippen LogP contribution in [0, 0.1) is 0 Å². The molecule has 0 saturated carbocycles. The number of nitrogens with one attached hydrogen (secondary N) is 1. The van der Waals surface area contributed by atoms with Crippen LogP contribution < -0.4 is 5.32 Å². The number of hydrogen-bond acceptors (Lipinski definition) is 3. The van der Waals surface area contributed by atoms with Crippen LogP contribution in [0.25, 0.3) is 0 Å². The normalized spacial score (nSPS) is 12.2. The van der Waals surface area contributed by atoms with Gasteiger partial charge in [-0.3, -0.25) is 4.55 Å². The van der Waals surface area contributed by atoms with Crippen molar-refractivity contribution >= 4 is 10.1 Å². The molecule has 0 heterocycles. The van der Waals surface area contributed by atoms with E-state index >= 15 is 0 Å². The summed E-state index contributed by atoms with van der Waals surface area (Å²) in [5.41, 5.74) is 0. The zero-order chi connectivity index (χ0) is 16.2. The van der Waals surface area contributed by atoms with Crippen molar-refractivity contribution in [1.29, 1.82) is 0 Å². The maximum Gasteiger partial charge on any atom is 0.264 e. The van der Waals surface area contributed by atoms with Crippen LogP contribution in [-0.4, -0.2) is 62.0 Å². The molecule has 0 fully saturated rings. The summed E-state index contributed by atoms with van der Waals surface area (Å²) in [7, 11) is -3.76. The first-order valence-corrected chi connectivity index (χ1v) is 9.30. The first-order chi connectivity index (χ1) is 9.16. The standard InChI is InChI=1S/C8H20N.C6H15NO3S/c1-5-9(6-2,7-3)8-4;1-6(2)7-4-3-5-11(8,9)10/h5-8H2,1-4H3;6-7H,3-5H2,1-2H3,(H,8,9,10)/q+1;. The monoisotopic (exact) mass is 311 g/mol. The van der Waals surface area contributed by atoms with Gasteiger partial charge in [-0.2, -0.15) is 8.42 Å². The Morgan fingerprint density at radius 2 is 1.40 bits per heavy atom. The fraction of sp³-hybridized carbons (Fsp3) is 1.00. The smallest absolute Gasteiger partial charge is 0.264 e. The van der Waals surface area contributed by atoms with E-state index in [1.54, 1.807) is 0 Å². The molecule has 2 N–H and O–H groups in total. The van der Waals surface area contributed by atoms with Gasteiger partial charge in [-0.15, -0.1) is 0 Å². The van der Waals surface area contributed by atoms with Gasteiger partial charge in [0.1, 0.15) is 0 Å². The predicted octanol–water partition coefficient (Wildman–Crippen LogP) is 2.15. The lowest BCUT2D eigenvalue weighted by molar-refractivity contribution is -0.921. The van der Waals surface area contributed by atoms with E-state index in [1.165, 1.54) is 30.7 Å². The van der Waals surface area contributed by atoms with Crippen molar-refractivity contribution in [2.45, 2.75) is 54.0 Å². The van der Waals surface area contributed by atoms with E-state index in [1.807, 2.05) is 13.8 Å². The van der Waals surface area contributed by atoms with Crippen LogP contribution in [0.3, 0.4) is 0 Å². The number of hydrogen-bond donors (Lipinski definition) is 2. The largest absolute Gasteiger partial charge is 0.325 e. The highest BCUT2D eigenvalue weighted by Crippen LogP contribution is 2.03. The van der Waals surface area contributed by atoms with Crippen molar-refractivity contribution in [3.8, 4) is 0 Å². The number of quaternary nitrogens is 1. The summed E-state index contributed by atoms with van der Waals surface area (Å²) in [6.45, 7) is 18.8. The molecule has 0 aliphatic rings. The lowest BCUT2D eigenvalue weighted by atomic mass is 10.3. The van der Waals surface area contributed by atoms with Gasteiger partial charge < -0.3 is 9.80 Å².